The molecule has 2 aliphatic rings. The van der Waals surface area contributed by atoms with Crippen molar-refractivity contribution in [1.29, 1.82) is 0 Å². The summed E-state index contributed by atoms with van der Waals surface area (Å²) in [5, 5.41) is 6.59. The van der Waals surface area contributed by atoms with Crippen molar-refractivity contribution in [2.45, 2.75) is 64.8 Å². The summed E-state index contributed by atoms with van der Waals surface area (Å²) in [7, 11) is 0. The van der Waals surface area contributed by atoms with E-state index in [4.69, 9.17) is 0 Å². The number of carbonyl (C=O) groups is 1. The Morgan fingerprint density at radius 2 is 1.81 bits per heavy atom. The van der Waals surface area contributed by atoms with E-state index in [-0.39, 0.29) is 29.9 Å². The second-order valence-electron chi connectivity index (χ2n) is 7.27. The molecule has 0 spiro atoms. The van der Waals surface area contributed by atoms with Crippen molar-refractivity contribution in [3.05, 3.63) is 0 Å². The third kappa shape index (κ3) is 8.41. The molecule has 0 aromatic carbocycles. The van der Waals surface area contributed by atoms with Gasteiger partial charge in [-0.3, -0.25) is 9.79 Å². The van der Waals surface area contributed by atoms with Crippen molar-refractivity contribution in [1.82, 2.24) is 20.4 Å². The van der Waals surface area contributed by atoms with Crippen LogP contribution in [0.3, 0.4) is 0 Å². The first-order chi connectivity index (χ1) is 12.2. The molecule has 26 heavy (non-hydrogen) atoms. The van der Waals surface area contributed by atoms with E-state index in [9.17, 15) is 4.79 Å². The third-order valence-corrected chi connectivity index (χ3v) is 5.23. The number of hydrogen-bond donors (Lipinski definition) is 2. The monoisotopic (exact) mass is 479 g/mol. The van der Waals surface area contributed by atoms with Gasteiger partial charge in [0.1, 0.15) is 0 Å². The average molecular weight is 479 g/mol. The molecule has 2 fully saturated rings. The molecule has 2 N–H and O–H groups in total. The Morgan fingerprint density at radius 1 is 1.08 bits per heavy atom. The highest BCUT2D eigenvalue weighted by molar-refractivity contribution is 14.0. The van der Waals surface area contributed by atoms with E-state index in [0.717, 1.165) is 45.0 Å². The van der Waals surface area contributed by atoms with E-state index in [1.165, 1.54) is 38.8 Å². The molecular weight excluding hydrogens is 441 g/mol. The van der Waals surface area contributed by atoms with Crippen LogP contribution in [-0.2, 0) is 4.79 Å². The fraction of sp³-hybridized carbons (Fsp3) is 0.895. The van der Waals surface area contributed by atoms with Crippen LogP contribution in [0.2, 0.25) is 0 Å². The molecule has 0 radical (unpaired) electrons. The summed E-state index contributed by atoms with van der Waals surface area (Å²) in [6.45, 7) is 10.9. The lowest BCUT2D eigenvalue weighted by Crippen LogP contribution is -2.44. The van der Waals surface area contributed by atoms with Crippen LogP contribution in [0.1, 0.15) is 58.8 Å². The van der Waals surface area contributed by atoms with Crippen molar-refractivity contribution in [3.63, 3.8) is 0 Å². The van der Waals surface area contributed by atoms with E-state index in [0.29, 0.717) is 19.0 Å². The molecule has 1 unspecified atom stereocenters. The van der Waals surface area contributed by atoms with Crippen LogP contribution in [0, 0.1) is 0 Å². The molecule has 0 aliphatic carbocycles. The first-order valence-electron chi connectivity index (χ1n) is 10.2. The fourth-order valence-electron chi connectivity index (χ4n) is 3.73. The molecule has 2 rings (SSSR count). The Labute approximate surface area is 176 Å². The lowest BCUT2D eigenvalue weighted by Gasteiger charge is -2.33. The third-order valence-electron chi connectivity index (χ3n) is 5.23. The molecule has 2 heterocycles. The molecule has 7 heteroatoms. The molecule has 0 saturated carbocycles. The first-order valence-corrected chi connectivity index (χ1v) is 10.2. The van der Waals surface area contributed by atoms with Crippen LogP contribution in [0.25, 0.3) is 0 Å². The second kappa shape index (κ2) is 13.6. The van der Waals surface area contributed by atoms with Crippen molar-refractivity contribution >= 4 is 35.8 Å². The smallest absolute Gasteiger partial charge is 0.224 e. The number of likely N-dealkylation sites (tertiary alicyclic amines) is 2. The van der Waals surface area contributed by atoms with Gasteiger partial charge in [-0.15, -0.1) is 24.0 Å². The summed E-state index contributed by atoms with van der Waals surface area (Å²) >= 11 is 0. The number of rotatable bonds is 7. The highest BCUT2D eigenvalue weighted by Crippen LogP contribution is 2.16. The quantitative estimate of drug-likeness (QED) is 0.335. The highest BCUT2D eigenvalue weighted by atomic mass is 127. The number of guanidine groups is 1. The van der Waals surface area contributed by atoms with E-state index in [2.05, 4.69) is 34.4 Å². The Kier molecular flexibility index (Phi) is 12.3. The summed E-state index contributed by atoms with van der Waals surface area (Å²) in [4.78, 5) is 21.6. The Bertz CT molecular complexity index is 426. The molecule has 0 aromatic rings. The number of aliphatic imine (C=N–C) groups is 1. The number of hydrogen-bond acceptors (Lipinski definition) is 3. The molecular formula is C19H38IN5O. The van der Waals surface area contributed by atoms with Gasteiger partial charge in [-0.05, 0) is 59.0 Å². The van der Waals surface area contributed by atoms with Gasteiger partial charge in [0.05, 0.1) is 6.54 Å². The lowest BCUT2D eigenvalue weighted by molar-refractivity contribution is -0.134. The van der Waals surface area contributed by atoms with Gasteiger partial charge in [0.15, 0.2) is 5.96 Å². The highest BCUT2D eigenvalue weighted by Gasteiger charge is 2.22. The van der Waals surface area contributed by atoms with Gasteiger partial charge in [-0.1, -0.05) is 6.42 Å². The molecule has 6 nitrogen and oxygen atoms in total. The minimum atomic E-state index is 0. The predicted molar refractivity (Wildman–Crippen MR) is 119 cm³/mol. The van der Waals surface area contributed by atoms with Crippen LogP contribution in [0.4, 0.5) is 0 Å². The fourth-order valence-corrected chi connectivity index (χ4v) is 3.73. The number of halogens is 1. The molecule has 152 valence electrons. The van der Waals surface area contributed by atoms with Crippen molar-refractivity contribution in [2.24, 2.45) is 4.99 Å². The summed E-state index contributed by atoms with van der Waals surface area (Å²) in [6, 6.07) is 0.396. The zero-order valence-electron chi connectivity index (χ0n) is 16.6. The maximum atomic E-state index is 12.4. The maximum Gasteiger partial charge on any atom is 0.224 e. The van der Waals surface area contributed by atoms with Gasteiger partial charge in [-0.2, -0.15) is 0 Å². The van der Waals surface area contributed by atoms with Gasteiger partial charge < -0.3 is 20.4 Å². The SMILES string of the molecule is CCNC(=NCCN1CCCCC1)NCCC(=O)N1CCCCC1C.I. The average Bonchev–Trinajstić information content (AvgIpc) is 2.63. The standard InChI is InChI=1S/C19H37N5O.HI/c1-3-20-19(22-12-16-23-13-6-4-7-14-23)21-11-10-18(25)24-15-8-5-9-17(24)2;/h17H,3-16H2,1-2H3,(H2,20,21,22);1H. The summed E-state index contributed by atoms with van der Waals surface area (Å²) in [5.74, 6) is 1.10. The van der Waals surface area contributed by atoms with Crippen molar-refractivity contribution in [3.8, 4) is 0 Å². The van der Waals surface area contributed by atoms with Gasteiger partial charge in [0, 0.05) is 38.6 Å². The first kappa shape index (κ1) is 23.5. The molecule has 1 amide bonds. The second-order valence-corrected chi connectivity index (χ2v) is 7.27. The summed E-state index contributed by atoms with van der Waals surface area (Å²) in [6.07, 6.45) is 8.08. The molecule has 1 atom stereocenters. The molecule has 0 aromatic heterocycles. The maximum absolute atomic E-state index is 12.4. The van der Waals surface area contributed by atoms with E-state index < -0.39 is 0 Å². The predicted octanol–water partition coefficient (Wildman–Crippen LogP) is 2.44. The number of carbonyl (C=O) groups excluding carboxylic acids is 1. The normalized spacial score (nSPS) is 21.8. The van der Waals surface area contributed by atoms with Crippen LogP contribution in [0.15, 0.2) is 4.99 Å². The summed E-state index contributed by atoms with van der Waals surface area (Å²) < 4.78 is 0. The van der Waals surface area contributed by atoms with Crippen molar-refractivity contribution < 1.29 is 4.79 Å². The van der Waals surface area contributed by atoms with Gasteiger partial charge in [0.2, 0.25) is 5.91 Å². The van der Waals surface area contributed by atoms with Crippen LogP contribution < -0.4 is 10.6 Å². The number of nitrogens with zero attached hydrogens (tertiary/aromatic N) is 3. The van der Waals surface area contributed by atoms with Gasteiger partial charge in [0.25, 0.3) is 0 Å². The van der Waals surface area contributed by atoms with E-state index in [1.54, 1.807) is 0 Å². The molecule has 0 bridgehead atoms. The molecule has 2 aliphatic heterocycles. The van der Waals surface area contributed by atoms with E-state index in [1.807, 2.05) is 4.90 Å². The summed E-state index contributed by atoms with van der Waals surface area (Å²) in [5.41, 5.74) is 0. The number of nitrogens with one attached hydrogen (secondary N) is 2. The van der Waals surface area contributed by atoms with Crippen LogP contribution >= 0.6 is 24.0 Å². The largest absolute Gasteiger partial charge is 0.357 e. The molecule has 2 saturated heterocycles. The Hall–Kier alpha value is -0.570. The number of piperidine rings is 2. The number of amides is 1. The van der Waals surface area contributed by atoms with Gasteiger partial charge >= 0.3 is 0 Å². The Balaban J connectivity index is 0.00000338. The van der Waals surface area contributed by atoms with E-state index >= 15 is 0 Å². The van der Waals surface area contributed by atoms with Gasteiger partial charge in [-0.25, -0.2) is 0 Å². The lowest BCUT2D eigenvalue weighted by atomic mass is 10.0. The minimum Gasteiger partial charge on any atom is -0.357 e. The van der Waals surface area contributed by atoms with Crippen LogP contribution in [0.5, 0.6) is 0 Å². The van der Waals surface area contributed by atoms with Crippen LogP contribution in [-0.4, -0.2) is 73.5 Å². The topological polar surface area (TPSA) is 60.0 Å². The van der Waals surface area contributed by atoms with Crippen molar-refractivity contribution in [2.75, 3.05) is 45.8 Å². The minimum absolute atomic E-state index is 0. The zero-order chi connectivity index (χ0) is 17.9. The zero-order valence-corrected chi connectivity index (χ0v) is 19.0. The Morgan fingerprint density at radius 3 is 2.50 bits per heavy atom.